The molecule has 0 aliphatic carbocycles. The van der Waals surface area contributed by atoms with Gasteiger partial charge in [0.25, 0.3) is 0 Å². The third-order valence-corrected chi connectivity index (χ3v) is 6.51. The molecular formula is C21H28N2O3S. The van der Waals surface area contributed by atoms with E-state index in [0.717, 1.165) is 24.2 Å². The van der Waals surface area contributed by atoms with Crippen LogP contribution in [0.25, 0.3) is 11.1 Å². The topological polar surface area (TPSA) is 58.6 Å². The standard InChI is InChI=1S/C21H28N2O3S/c1-17(2)20(23-12-14-26-15-13-23)16-22-27(24,25)21-11-7-6-10-19(21)18-8-4-3-5-9-18/h3-11,17,20,22H,12-16H2,1-2H3/t20-/m1/s1. The molecule has 1 saturated heterocycles. The van der Waals surface area contributed by atoms with Crippen LogP contribution in [0.5, 0.6) is 0 Å². The number of nitrogens with zero attached hydrogens (tertiary/aromatic N) is 1. The van der Waals surface area contributed by atoms with Crippen LogP contribution in [0, 0.1) is 5.92 Å². The minimum absolute atomic E-state index is 0.146. The summed E-state index contributed by atoms with van der Waals surface area (Å²) in [7, 11) is -3.61. The summed E-state index contributed by atoms with van der Waals surface area (Å²) >= 11 is 0. The molecule has 27 heavy (non-hydrogen) atoms. The first-order chi connectivity index (χ1) is 13.0. The number of benzene rings is 2. The van der Waals surface area contributed by atoms with E-state index < -0.39 is 10.0 Å². The van der Waals surface area contributed by atoms with Gasteiger partial charge in [-0.05, 0) is 17.5 Å². The Balaban J connectivity index is 1.81. The van der Waals surface area contributed by atoms with Crippen molar-refractivity contribution in [2.75, 3.05) is 32.8 Å². The third kappa shape index (κ3) is 4.96. The number of rotatable bonds is 7. The Hall–Kier alpha value is -1.73. The summed E-state index contributed by atoms with van der Waals surface area (Å²) in [5, 5.41) is 0. The SMILES string of the molecule is CC(C)[C@@H](CNS(=O)(=O)c1ccccc1-c1ccccc1)N1CCOCC1. The van der Waals surface area contributed by atoms with E-state index in [0.29, 0.717) is 30.6 Å². The van der Waals surface area contributed by atoms with Crippen molar-refractivity contribution in [2.24, 2.45) is 5.92 Å². The van der Waals surface area contributed by atoms with Crippen molar-refractivity contribution in [3.8, 4) is 11.1 Å². The van der Waals surface area contributed by atoms with Gasteiger partial charge in [-0.3, -0.25) is 4.90 Å². The van der Waals surface area contributed by atoms with E-state index in [1.807, 2.05) is 42.5 Å². The zero-order valence-corrected chi connectivity index (χ0v) is 16.8. The molecule has 0 unspecified atom stereocenters. The summed E-state index contributed by atoms with van der Waals surface area (Å²) in [6, 6.07) is 16.9. The van der Waals surface area contributed by atoms with Gasteiger partial charge in [0.15, 0.2) is 0 Å². The fourth-order valence-corrected chi connectivity index (χ4v) is 4.80. The number of sulfonamides is 1. The first-order valence-corrected chi connectivity index (χ1v) is 10.9. The molecule has 0 radical (unpaired) electrons. The van der Waals surface area contributed by atoms with Gasteiger partial charge in [-0.1, -0.05) is 62.4 Å². The Morgan fingerprint density at radius 3 is 2.30 bits per heavy atom. The van der Waals surface area contributed by atoms with Gasteiger partial charge in [0.05, 0.1) is 18.1 Å². The van der Waals surface area contributed by atoms with Crippen molar-refractivity contribution < 1.29 is 13.2 Å². The molecule has 2 aromatic rings. The Kier molecular flexibility index (Phi) is 6.65. The van der Waals surface area contributed by atoms with Crippen LogP contribution in [0.2, 0.25) is 0 Å². The second kappa shape index (κ2) is 8.97. The average molecular weight is 389 g/mol. The minimum atomic E-state index is -3.61. The van der Waals surface area contributed by atoms with E-state index in [-0.39, 0.29) is 6.04 Å². The lowest BCUT2D eigenvalue weighted by molar-refractivity contribution is 0.00776. The smallest absolute Gasteiger partial charge is 0.241 e. The van der Waals surface area contributed by atoms with Crippen LogP contribution in [0.15, 0.2) is 59.5 Å². The molecule has 0 amide bonds. The lowest BCUT2D eigenvalue weighted by Gasteiger charge is -2.36. The molecule has 0 bridgehead atoms. The predicted octanol–water partition coefficient (Wildman–Crippen LogP) is 2.99. The molecule has 3 rings (SSSR count). The minimum Gasteiger partial charge on any atom is -0.379 e. The van der Waals surface area contributed by atoms with Gasteiger partial charge in [-0.15, -0.1) is 0 Å². The highest BCUT2D eigenvalue weighted by atomic mass is 32.2. The van der Waals surface area contributed by atoms with Crippen molar-refractivity contribution in [1.82, 2.24) is 9.62 Å². The molecule has 0 saturated carbocycles. The molecule has 146 valence electrons. The molecule has 1 atom stereocenters. The van der Waals surface area contributed by atoms with Crippen LogP contribution < -0.4 is 4.72 Å². The summed E-state index contributed by atoms with van der Waals surface area (Å²) < 4.78 is 34.4. The van der Waals surface area contributed by atoms with Crippen molar-refractivity contribution in [3.05, 3.63) is 54.6 Å². The molecule has 0 aromatic heterocycles. The van der Waals surface area contributed by atoms with Crippen LogP contribution in [0.1, 0.15) is 13.8 Å². The molecule has 1 aliphatic heterocycles. The number of nitrogens with one attached hydrogen (secondary N) is 1. The Morgan fingerprint density at radius 2 is 1.63 bits per heavy atom. The Labute approximate surface area is 162 Å². The van der Waals surface area contributed by atoms with Gasteiger partial charge in [0.2, 0.25) is 10.0 Å². The monoisotopic (exact) mass is 388 g/mol. The average Bonchev–Trinajstić information content (AvgIpc) is 2.69. The van der Waals surface area contributed by atoms with E-state index in [2.05, 4.69) is 23.5 Å². The normalized spacial score (nSPS) is 17.1. The fourth-order valence-electron chi connectivity index (χ4n) is 3.53. The lowest BCUT2D eigenvalue weighted by atomic mass is 10.0. The summed E-state index contributed by atoms with van der Waals surface area (Å²) in [4.78, 5) is 2.64. The van der Waals surface area contributed by atoms with Crippen LogP contribution in [-0.4, -0.2) is 52.2 Å². The van der Waals surface area contributed by atoms with Crippen LogP contribution >= 0.6 is 0 Å². The second-order valence-electron chi connectivity index (χ2n) is 7.17. The maximum absolute atomic E-state index is 13.1. The van der Waals surface area contributed by atoms with Crippen molar-refractivity contribution in [3.63, 3.8) is 0 Å². The summed E-state index contributed by atoms with van der Waals surface area (Å²) in [5.74, 6) is 0.343. The fraction of sp³-hybridized carbons (Fsp3) is 0.429. The first-order valence-electron chi connectivity index (χ1n) is 9.45. The molecule has 0 spiro atoms. The Morgan fingerprint density at radius 1 is 1.00 bits per heavy atom. The maximum atomic E-state index is 13.1. The molecule has 1 heterocycles. The van der Waals surface area contributed by atoms with E-state index in [4.69, 9.17) is 4.74 Å². The number of morpholine rings is 1. The van der Waals surface area contributed by atoms with E-state index >= 15 is 0 Å². The van der Waals surface area contributed by atoms with Gasteiger partial charge in [-0.2, -0.15) is 0 Å². The van der Waals surface area contributed by atoms with E-state index in [1.54, 1.807) is 12.1 Å². The quantitative estimate of drug-likeness (QED) is 0.792. The summed E-state index contributed by atoms with van der Waals surface area (Å²) in [5.41, 5.74) is 1.62. The molecular weight excluding hydrogens is 360 g/mol. The molecule has 1 fully saturated rings. The maximum Gasteiger partial charge on any atom is 0.241 e. The highest BCUT2D eigenvalue weighted by Gasteiger charge is 2.26. The van der Waals surface area contributed by atoms with Gasteiger partial charge >= 0.3 is 0 Å². The van der Waals surface area contributed by atoms with Gasteiger partial charge in [-0.25, -0.2) is 13.1 Å². The van der Waals surface area contributed by atoms with Gasteiger partial charge < -0.3 is 4.74 Å². The van der Waals surface area contributed by atoms with Gasteiger partial charge in [0, 0.05) is 31.2 Å². The number of hydrogen-bond acceptors (Lipinski definition) is 4. The highest BCUT2D eigenvalue weighted by Crippen LogP contribution is 2.27. The lowest BCUT2D eigenvalue weighted by Crippen LogP contribution is -2.51. The summed E-state index contributed by atoms with van der Waals surface area (Å²) in [6.45, 7) is 7.73. The highest BCUT2D eigenvalue weighted by molar-refractivity contribution is 7.89. The summed E-state index contributed by atoms with van der Waals surface area (Å²) in [6.07, 6.45) is 0. The van der Waals surface area contributed by atoms with Crippen LogP contribution in [0.4, 0.5) is 0 Å². The van der Waals surface area contributed by atoms with Crippen molar-refractivity contribution >= 4 is 10.0 Å². The van der Waals surface area contributed by atoms with Crippen LogP contribution in [0.3, 0.4) is 0 Å². The largest absolute Gasteiger partial charge is 0.379 e. The third-order valence-electron chi connectivity index (χ3n) is 5.03. The van der Waals surface area contributed by atoms with Crippen molar-refractivity contribution in [1.29, 1.82) is 0 Å². The van der Waals surface area contributed by atoms with Crippen LogP contribution in [-0.2, 0) is 14.8 Å². The molecule has 2 aromatic carbocycles. The number of hydrogen-bond donors (Lipinski definition) is 1. The van der Waals surface area contributed by atoms with Gasteiger partial charge in [0.1, 0.15) is 0 Å². The molecule has 1 N–H and O–H groups in total. The molecule has 5 nitrogen and oxygen atoms in total. The Bertz CT molecular complexity index is 832. The van der Waals surface area contributed by atoms with E-state index in [1.165, 1.54) is 0 Å². The number of ether oxygens (including phenoxy) is 1. The second-order valence-corrected chi connectivity index (χ2v) is 8.91. The molecule has 1 aliphatic rings. The zero-order chi connectivity index (χ0) is 19.3. The van der Waals surface area contributed by atoms with Crippen molar-refractivity contribution in [2.45, 2.75) is 24.8 Å². The van der Waals surface area contributed by atoms with E-state index in [9.17, 15) is 8.42 Å². The predicted molar refractivity (Wildman–Crippen MR) is 108 cm³/mol. The first kappa shape index (κ1) is 20.0. The zero-order valence-electron chi connectivity index (χ0n) is 16.0. The molecule has 6 heteroatoms.